The van der Waals surface area contributed by atoms with Crippen molar-refractivity contribution < 1.29 is 17.7 Å². The van der Waals surface area contributed by atoms with E-state index in [4.69, 9.17) is 0 Å². The summed E-state index contributed by atoms with van der Waals surface area (Å²) in [6, 6.07) is 2.66. The zero-order chi connectivity index (χ0) is 15.5. The Morgan fingerprint density at radius 1 is 1.48 bits per heavy atom. The second-order valence-electron chi connectivity index (χ2n) is 4.85. The second-order valence-corrected chi connectivity index (χ2v) is 6.58. The van der Waals surface area contributed by atoms with Crippen molar-refractivity contribution in [3.05, 3.63) is 34.1 Å². The summed E-state index contributed by atoms with van der Waals surface area (Å²) in [5, 5.41) is 14.1. The Labute approximate surface area is 121 Å². The number of nitro groups is 1. The van der Waals surface area contributed by atoms with Crippen LogP contribution in [0.25, 0.3) is 0 Å². The van der Waals surface area contributed by atoms with Gasteiger partial charge in [0, 0.05) is 12.6 Å². The topological polar surface area (TPSA) is 101 Å². The van der Waals surface area contributed by atoms with Gasteiger partial charge in [-0.15, -0.1) is 0 Å². The van der Waals surface area contributed by atoms with Crippen LogP contribution in [0, 0.1) is 15.9 Å². The van der Waals surface area contributed by atoms with Crippen molar-refractivity contribution >= 4 is 15.7 Å². The van der Waals surface area contributed by atoms with Crippen molar-refractivity contribution in [1.29, 1.82) is 0 Å². The monoisotopic (exact) mass is 317 g/mol. The first-order valence-electron chi connectivity index (χ1n) is 6.57. The SMILES string of the molecule is O=[N+]([O-])c1cc(F)ccc1S(=O)(=O)NCC[C@H]1CCCN1. The van der Waals surface area contributed by atoms with E-state index in [2.05, 4.69) is 10.0 Å². The number of nitro benzene ring substituents is 1. The third-order valence-corrected chi connectivity index (χ3v) is 4.86. The fourth-order valence-electron chi connectivity index (χ4n) is 2.31. The lowest BCUT2D eigenvalue weighted by molar-refractivity contribution is -0.388. The average Bonchev–Trinajstić information content (AvgIpc) is 2.91. The van der Waals surface area contributed by atoms with Gasteiger partial charge in [0.15, 0.2) is 4.90 Å². The van der Waals surface area contributed by atoms with E-state index in [0.717, 1.165) is 31.5 Å². The minimum atomic E-state index is -4.03. The van der Waals surface area contributed by atoms with Crippen molar-refractivity contribution in [3.8, 4) is 0 Å². The van der Waals surface area contributed by atoms with Gasteiger partial charge in [0.1, 0.15) is 5.82 Å². The van der Waals surface area contributed by atoms with Crippen LogP contribution >= 0.6 is 0 Å². The molecule has 1 atom stereocenters. The number of halogens is 1. The number of nitrogens with zero attached hydrogens (tertiary/aromatic N) is 1. The van der Waals surface area contributed by atoms with Crippen LogP contribution in [0.2, 0.25) is 0 Å². The first-order chi connectivity index (χ1) is 9.90. The third kappa shape index (κ3) is 3.96. The molecule has 2 rings (SSSR count). The van der Waals surface area contributed by atoms with Crippen molar-refractivity contribution in [3.63, 3.8) is 0 Å². The Balaban J connectivity index is 2.09. The third-order valence-electron chi connectivity index (χ3n) is 3.35. The lowest BCUT2D eigenvalue weighted by Gasteiger charge is -2.11. The molecule has 1 fully saturated rings. The maximum absolute atomic E-state index is 13.0. The summed E-state index contributed by atoms with van der Waals surface area (Å²) in [6.07, 6.45) is 2.65. The van der Waals surface area contributed by atoms with Gasteiger partial charge in [0.25, 0.3) is 5.69 Å². The molecule has 0 amide bonds. The highest BCUT2D eigenvalue weighted by Gasteiger charge is 2.26. The smallest absolute Gasteiger partial charge is 0.292 e. The van der Waals surface area contributed by atoms with Gasteiger partial charge in [0.05, 0.1) is 11.0 Å². The molecule has 7 nitrogen and oxygen atoms in total. The normalized spacial score (nSPS) is 18.8. The molecular formula is C12H16FN3O4S. The Hall–Kier alpha value is -1.58. The standard InChI is InChI=1S/C12H16FN3O4S/c13-9-3-4-12(11(8-9)16(17)18)21(19,20)15-7-5-10-2-1-6-14-10/h3-4,8,10,14-15H,1-2,5-7H2/t10-/m1/s1. The van der Waals surface area contributed by atoms with Crippen LogP contribution in [0.3, 0.4) is 0 Å². The summed E-state index contributed by atoms with van der Waals surface area (Å²) in [6.45, 7) is 1.09. The summed E-state index contributed by atoms with van der Waals surface area (Å²) in [7, 11) is -4.03. The van der Waals surface area contributed by atoms with Crippen molar-refractivity contribution in [1.82, 2.24) is 10.0 Å². The number of rotatable bonds is 6. The number of sulfonamides is 1. The average molecular weight is 317 g/mol. The maximum Gasteiger partial charge on any atom is 0.292 e. The largest absolute Gasteiger partial charge is 0.314 e. The Bertz CT molecular complexity index is 629. The summed E-state index contributed by atoms with van der Waals surface area (Å²) in [4.78, 5) is 9.41. The minimum absolute atomic E-state index is 0.175. The Kier molecular flexibility index (Phi) is 4.86. The molecule has 0 aliphatic carbocycles. The van der Waals surface area contributed by atoms with E-state index in [-0.39, 0.29) is 12.6 Å². The van der Waals surface area contributed by atoms with E-state index >= 15 is 0 Å². The van der Waals surface area contributed by atoms with Crippen LogP contribution in [-0.4, -0.2) is 32.5 Å². The van der Waals surface area contributed by atoms with Gasteiger partial charge < -0.3 is 5.32 Å². The van der Waals surface area contributed by atoms with E-state index < -0.39 is 31.3 Å². The maximum atomic E-state index is 13.0. The molecular weight excluding hydrogens is 301 g/mol. The molecule has 0 unspecified atom stereocenters. The van der Waals surface area contributed by atoms with Crippen molar-refractivity contribution in [2.45, 2.75) is 30.2 Å². The first-order valence-corrected chi connectivity index (χ1v) is 8.05. The molecule has 0 spiro atoms. The predicted octanol–water partition coefficient (Wildman–Crippen LogP) is 1.15. The molecule has 0 saturated carbocycles. The molecule has 0 aromatic heterocycles. The number of hydrogen-bond acceptors (Lipinski definition) is 5. The fraction of sp³-hybridized carbons (Fsp3) is 0.500. The quantitative estimate of drug-likeness (QED) is 0.605. The Morgan fingerprint density at radius 2 is 2.24 bits per heavy atom. The molecule has 116 valence electrons. The van der Waals surface area contributed by atoms with Crippen molar-refractivity contribution in [2.75, 3.05) is 13.1 Å². The molecule has 9 heteroatoms. The molecule has 1 saturated heterocycles. The van der Waals surface area contributed by atoms with E-state index in [1.165, 1.54) is 0 Å². The summed E-state index contributed by atoms with van der Waals surface area (Å²) < 4.78 is 39.5. The van der Waals surface area contributed by atoms with E-state index in [0.29, 0.717) is 12.5 Å². The predicted molar refractivity (Wildman–Crippen MR) is 73.9 cm³/mol. The molecule has 21 heavy (non-hydrogen) atoms. The zero-order valence-electron chi connectivity index (χ0n) is 11.2. The number of nitrogens with one attached hydrogen (secondary N) is 2. The van der Waals surface area contributed by atoms with Crippen molar-refractivity contribution in [2.24, 2.45) is 0 Å². The number of benzene rings is 1. The van der Waals surface area contributed by atoms with Crippen LogP contribution in [0.4, 0.5) is 10.1 Å². The lowest BCUT2D eigenvalue weighted by atomic mass is 10.2. The summed E-state index contributed by atoms with van der Waals surface area (Å²) in [5.41, 5.74) is -0.763. The number of hydrogen-bond donors (Lipinski definition) is 2. The lowest BCUT2D eigenvalue weighted by Crippen LogP contribution is -2.31. The van der Waals surface area contributed by atoms with Crippen LogP contribution in [-0.2, 0) is 10.0 Å². The highest BCUT2D eigenvalue weighted by Crippen LogP contribution is 2.24. The van der Waals surface area contributed by atoms with Gasteiger partial charge in [-0.25, -0.2) is 17.5 Å². The molecule has 0 bridgehead atoms. The van der Waals surface area contributed by atoms with Gasteiger partial charge in [-0.2, -0.15) is 0 Å². The van der Waals surface area contributed by atoms with Gasteiger partial charge in [-0.3, -0.25) is 10.1 Å². The van der Waals surface area contributed by atoms with Gasteiger partial charge in [0.2, 0.25) is 10.0 Å². The Morgan fingerprint density at radius 3 is 2.86 bits per heavy atom. The second kappa shape index (κ2) is 6.46. The van der Waals surface area contributed by atoms with Crippen LogP contribution in [0.15, 0.2) is 23.1 Å². The molecule has 2 N–H and O–H groups in total. The highest BCUT2D eigenvalue weighted by atomic mass is 32.2. The molecule has 1 aromatic carbocycles. The minimum Gasteiger partial charge on any atom is -0.314 e. The van der Waals surface area contributed by atoms with E-state index in [9.17, 15) is 22.9 Å². The van der Waals surface area contributed by atoms with E-state index in [1.54, 1.807) is 0 Å². The first kappa shape index (κ1) is 15.8. The van der Waals surface area contributed by atoms with Crippen LogP contribution < -0.4 is 10.0 Å². The van der Waals surface area contributed by atoms with E-state index in [1.807, 2.05) is 0 Å². The molecule has 1 heterocycles. The summed E-state index contributed by atoms with van der Waals surface area (Å²) in [5.74, 6) is -0.851. The van der Waals surface area contributed by atoms with Gasteiger partial charge in [-0.05, 0) is 37.9 Å². The molecule has 0 radical (unpaired) electrons. The molecule has 1 aliphatic heterocycles. The molecule has 1 aromatic rings. The van der Waals surface area contributed by atoms with Crippen LogP contribution in [0.1, 0.15) is 19.3 Å². The van der Waals surface area contributed by atoms with Gasteiger partial charge >= 0.3 is 0 Å². The highest BCUT2D eigenvalue weighted by molar-refractivity contribution is 7.89. The summed E-state index contributed by atoms with van der Waals surface area (Å²) >= 11 is 0. The molecule has 1 aliphatic rings. The van der Waals surface area contributed by atoms with Crippen LogP contribution in [0.5, 0.6) is 0 Å². The zero-order valence-corrected chi connectivity index (χ0v) is 12.0. The van der Waals surface area contributed by atoms with Gasteiger partial charge in [-0.1, -0.05) is 0 Å². The fourth-order valence-corrected chi connectivity index (χ4v) is 3.51.